The standard InChI is InChI=1S/C17H26N2O/c1-13-11-15-16(7-6-8-17(15)20)19(13)12-14(2)18-9-4-3-5-10-18/h11,14H,3-10,12H2,1-2H3. The molecule has 2 aliphatic rings. The molecule has 110 valence electrons. The summed E-state index contributed by atoms with van der Waals surface area (Å²) < 4.78 is 2.41. The van der Waals surface area contributed by atoms with Crippen LogP contribution in [0, 0.1) is 6.92 Å². The number of carbonyl (C=O) groups is 1. The van der Waals surface area contributed by atoms with Gasteiger partial charge in [-0.25, -0.2) is 0 Å². The van der Waals surface area contributed by atoms with Crippen molar-refractivity contribution in [2.24, 2.45) is 0 Å². The van der Waals surface area contributed by atoms with Gasteiger partial charge in [0.25, 0.3) is 0 Å². The highest BCUT2D eigenvalue weighted by molar-refractivity contribution is 5.98. The van der Waals surface area contributed by atoms with Crippen molar-refractivity contribution in [1.82, 2.24) is 9.47 Å². The van der Waals surface area contributed by atoms with Gasteiger partial charge in [0.05, 0.1) is 0 Å². The number of carbonyl (C=O) groups excluding carboxylic acids is 1. The van der Waals surface area contributed by atoms with E-state index in [1.165, 1.54) is 43.7 Å². The van der Waals surface area contributed by atoms with Crippen LogP contribution in [0.5, 0.6) is 0 Å². The van der Waals surface area contributed by atoms with Crippen LogP contribution in [0.3, 0.4) is 0 Å². The molecule has 0 aromatic carbocycles. The molecule has 1 aromatic heterocycles. The van der Waals surface area contributed by atoms with Crippen molar-refractivity contribution >= 4 is 5.78 Å². The summed E-state index contributed by atoms with van der Waals surface area (Å²) in [7, 11) is 0. The van der Waals surface area contributed by atoms with Crippen LogP contribution in [0.4, 0.5) is 0 Å². The fraction of sp³-hybridized carbons (Fsp3) is 0.706. The van der Waals surface area contributed by atoms with E-state index in [9.17, 15) is 4.79 Å². The highest BCUT2D eigenvalue weighted by Gasteiger charge is 2.24. The average Bonchev–Trinajstić information content (AvgIpc) is 2.78. The van der Waals surface area contributed by atoms with Crippen molar-refractivity contribution in [3.8, 4) is 0 Å². The number of hydrogen-bond donors (Lipinski definition) is 0. The van der Waals surface area contributed by atoms with Crippen molar-refractivity contribution in [3.05, 3.63) is 23.0 Å². The Kier molecular flexibility index (Phi) is 3.97. The monoisotopic (exact) mass is 274 g/mol. The number of rotatable bonds is 3. The summed E-state index contributed by atoms with van der Waals surface area (Å²) in [5.74, 6) is 0.346. The van der Waals surface area contributed by atoms with Gasteiger partial charge in [-0.1, -0.05) is 6.42 Å². The molecule has 0 N–H and O–H groups in total. The van der Waals surface area contributed by atoms with Gasteiger partial charge in [0.15, 0.2) is 5.78 Å². The molecule has 1 aliphatic heterocycles. The zero-order valence-electron chi connectivity index (χ0n) is 12.8. The van der Waals surface area contributed by atoms with Gasteiger partial charge in [0.2, 0.25) is 0 Å². The lowest BCUT2D eigenvalue weighted by Crippen LogP contribution is -2.40. The van der Waals surface area contributed by atoms with E-state index in [1.54, 1.807) is 0 Å². The lowest BCUT2D eigenvalue weighted by Gasteiger charge is -2.33. The SMILES string of the molecule is Cc1cc2c(n1CC(C)N1CCCCC1)CCCC2=O. The molecule has 3 heteroatoms. The van der Waals surface area contributed by atoms with Gasteiger partial charge in [-0.15, -0.1) is 0 Å². The van der Waals surface area contributed by atoms with Gasteiger partial charge in [-0.05, 0) is 58.7 Å². The second-order valence-electron chi connectivity index (χ2n) is 6.48. The van der Waals surface area contributed by atoms with Gasteiger partial charge in [-0.3, -0.25) is 9.69 Å². The predicted molar refractivity (Wildman–Crippen MR) is 81.3 cm³/mol. The van der Waals surface area contributed by atoms with E-state index in [-0.39, 0.29) is 0 Å². The molecule has 0 radical (unpaired) electrons. The van der Waals surface area contributed by atoms with Crippen LogP contribution in [0.2, 0.25) is 0 Å². The first kappa shape index (κ1) is 13.9. The number of fused-ring (bicyclic) bond motifs is 1. The fourth-order valence-electron chi connectivity index (χ4n) is 3.78. The summed E-state index contributed by atoms with van der Waals surface area (Å²) in [6, 6.07) is 2.68. The zero-order chi connectivity index (χ0) is 14.1. The summed E-state index contributed by atoms with van der Waals surface area (Å²) in [5, 5.41) is 0. The topological polar surface area (TPSA) is 25.2 Å². The van der Waals surface area contributed by atoms with E-state index in [0.29, 0.717) is 11.8 Å². The molecular weight excluding hydrogens is 248 g/mol. The van der Waals surface area contributed by atoms with Crippen LogP contribution in [0.15, 0.2) is 6.07 Å². The number of Topliss-reactive ketones (excluding diaryl/α,β-unsaturated/α-hetero) is 1. The minimum atomic E-state index is 0.346. The molecule has 3 rings (SSSR count). The van der Waals surface area contributed by atoms with Gasteiger partial charge in [-0.2, -0.15) is 0 Å². The van der Waals surface area contributed by atoms with Crippen LogP contribution in [-0.4, -0.2) is 34.4 Å². The van der Waals surface area contributed by atoms with Crippen LogP contribution >= 0.6 is 0 Å². The number of aryl methyl sites for hydroxylation is 1. The Balaban J connectivity index is 1.78. The second-order valence-corrected chi connectivity index (χ2v) is 6.48. The van der Waals surface area contributed by atoms with E-state index >= 15 is 0 Å². The number of nitrogens with zero attached hydrogens (tertiary/aromatic N) is 2. The normalized spacial score (nSPS) is 21.8. The molecule has 0 amide bonds. The lowest BCUT2D eigenvalue weighted by molar-refractivity contribution is 0.0971. The maximum absolute atomic E-state index is 12.0. The average molecular weight is 274 g/mol. The Morgan fingerprint density at radius 3 is 2.65 bits per heavy atom. The maximum Gasteiger partial charge on any atom is 0.164 e. The molecule has 1 saturated heterocycles. The van der Waals surface area contributed by atoms with Crippen molar-refractivity contribution in [3.63, 3.8) is 0 Å². The third-order valence-corrected chi connectivity index (χ3v) is 4.99. The van der Waals surface area contributed by atoms with Crippen LogP contribution in [0.25, 0.3) is 0 Å². The third-order valence-electron chi connectivity index (χ3n) is 4.99. The minimum Gasteiger partial charge on any atom is -0.347 e. The first-order chi connectivity index (χ1) is 9.66. The van der Waals surface area contributed by atoms with Crippen molar-refractivity contribution < 1.29 is 4.79 Å². The van der Waals surface area contributed by atoms with Crippen molar-refractivity contribution in [2.45, 2.75) is 65.0 Å². The van der Waals surface area contributed by atoms with Gasteiger partial charge < -0.3 is 4.57 Å². The van der Waals surface area contributed by atoms with Crippen LogP contribution in [-0.2, 0) is 13.0 Å². The van der Waals surface area contributed by atoms with E-state index < -0.39 is 0 Å². The van der Waals surface area contributed by atoms with Crippen LogP contribution in [0.1, 0.15) is 60.8 Å². The second kappa shape index (κ2) is 5.72. The minimum absolute atomic E-state index is 0.346. The molecule has 0 bridgehead atoms. The molecule has 2 heterocycles. The van der Waals surface area contributed by atoms with Gasteiger partial charge in [0, 0.05) is 36.0 Å². The summed E-state index contributed by atoms with van der Waals surface area (Å²) in [6.45, 7) is 8.00. The number of piperidine rings is 1. The maximum atomic E-state index is 12.0. The largest absolute Gasteiger partial charge is 0.347 e. The molecule has 0 saturated carbocycles. The Bertz CT molecular complexity index is 497. The molecule has 0 spiro atoms. The zero-order valence-corrected chi connectivity index (χ0v) is 12.8. The molecule has 1 unspecified atom stereocenters. The highest BCUT2D eigenvalue weighted by atomic mass is 16.1. The Morgan fingerprint density at radius 1 is 1.15 bits per heavy atom. The molecule has 1 atom stereocenters. The number of aromatic nitrogens is 1. The quantitative estimate of drug-likeness (QED) is 0.846. The van der Waals surface area contributed by atoms with Gasteiger partial charge >= 0.3 is 0 Å². The first-order valence-corrected chi connectivity index (χ1v) is 8.13. The summed E-state index contributed by atoms with van der Waals surface area (Å²) in [6.07, 6.45) is 6.89. The number of hydrogen-bond acceptors (Lipinski definition) is 2. The van der Waals surface area contributed by atoms with E-state index in [2.05, 4.69) is 29.4 Å². The lowest BCUT2D eigenvalue weighted by atomic mass is 9.96. The molecular formula is C17H26N2O. The van der Waals surface area contributed by atoms with Crippen molar-refractivity contribution in [2.75, 3.05) is 13.1 Å². The van der Waals surface area contributed by atoms with Crippen molar-refractivity contribution in [1.29, 1.82) is 0 Å². The highest BCUT2D eigenvalue weighted by Crippen LogP contribution is 2.26. The summed E-state index contributed by atoms with van der Waals surface area (Å²) >= 11 is 0. The van der Waals surface area contributed by atoms with Crippen LogP contribution < -0.4 is 0 Å². The van der Waals surface area contributed by atoms with E-state index in [1.807, 2.05) is 0 Å². The molecule has 3 nitrogen and oxygen atoms in total. The number of ketones is 1. The smallest absolute Gasteiger partial charge is 0.164 e. The predicted octanol–water partition coefficient (Wildman–Crippen LogP) is 3.19. The molecule has 1 aromatic rings. The molecule has 1 aliphatic carbocycles. The fourth-order valence-corrected chi connectivity index (χ4v) is 3.78. The summed E-state index contributed by atoms with van der Waals surface area (Å²) in [5.41, 5.74) is 3.55. The first-order valence-electron chi connectivity index (χ1n) is 8.13. The number of likely N-dealkylation sites (tertiary alicyclic amines) is 1. The van der Waals surface area contributed by atoms with E-state index in [4.69, 9.17) is 0 Å². The third kappa shape index (κ3) is 2.56. The summed E-state index contributed by atoms with van der Waals surface area (Å²) in [4.78, 5) is 14.6. The molecule has 1 fully saturated rings. The Labute approximate surface area is 122 Å². The van der Waals surface area contributed by atoms with Gasteiger partial charge in [0.1, 0.15) is 0 Å². The Hall–Kier alpha value is -1.09. The molecule has 20 heavy (non-hydrogen) atoms. The Morgan fingerprint density at radius 2 is 1.90 bits per heavy atom. The van der Waals surface area contributed by atoms with E-state index in [0.717, 1.165) is 31.4 Å².